The lowest BCUT2D eigenvalue weighted by Crippen LogP contribution is -1.96. The molecule has 0 saturated heterocycles. The smallest absolute Gasteiger partial charge is 0.180 e. The number of rotatable bonds is 4. The SMILES string of the molecule is [O]COCCCO. The molecule has 0 saturated carbocycles. The van der Waals surface area contributed by atoms with Gasteiger partial charge in [-0.1, -0.05) is 0 Å². The summed E-state index contributed by atoms with van der Waals surface area (Å²) in [5, 5.41) is 17.6. The third kappa shape index (κ3) is 5.88. The van der Waals surface area contributed by atoms with Gasteiger partial charge in [-0.05, 0) is 6.42 Å². The lowest BCUT2D eigenvalue weighted by Gasteiger charge is -1.92. The second-order valence-corrected chi connectivity index (χ2v) is 1.10. The quantitative estimate of drug-likeness (QED) is 0.396. The van der Waals surface area contributed by atoms with Crippen molar-refractivity contribution in [2.24, 2.45) is 0 Å². The third-order valence-electron chi connectivity index (χ3n) is 0.530. The van der Waals surface area contributed by atoms with Gasteiger partial charge in [0.2, 0.25) is 0 Å². The molecule has 0 unspecified atom stereocenters. The highest BCUT2D eigenvalue weighted by Crippen LogP contribution is 1.76. The van der Waals surface area contributed by atoms with Crippen molar-refractivity contribution < 1.29 is 14.9 Å². The zero-order valence-electron chi connectivity index (χ0n) is 4.09. The summed E-state index contributed by atoms with van der Waals surface area (Å²) in [6, 6.07) is 0. The zero-order chi connectivity index (χ0) is 5.54. The van der Waals surface area contributed by atoms with Crippen LogP contribution in [0.25, 0.3) is 0 Å². The van der Waals surface area contributed by atoms with Gasteiger partial charge in [-0.2, -0.15) is 0 Å². The highest BCUT2D eigenvalue weighted by molar-refractivity contribution is 4.26. The van der Waals surface area contributed by atoms with Gasteiger partial charge in [0.25, 0.3) is 0 Å². The van der Waals surface area contributed by atoms with Crippen molar-refractivity contribution in [2.75, 3.05) is 20.0 Å². The van der Waals surface area contributed by atoms with Crippen LogP contribution in [-0.4, -0.2) is 25.1 Å². The Morgan fingerprint density at radius 2 is 2.29 bits per heavy atom. The van der Waals surface area contributed by atoms with Crippen molar-refractivity contribution in [1.82, 2.24) is 0 Å². The molecule has 0 aromatic carbocycles. The van der Waals surface area contributed by atoms with E-state index >= 15 is 0 Å². The average Bonchev–Trinajstić information content (AvgIpc) is 1.69. The summed E-state index contributed by atoms with van der Waals surface area (Å²) in [5.41, 5.74) is 0. The second kappa shape index (κ2) is 5.88. The number of ether oxygens (including phenoxy) is 1. The molecule has 0 aliphatic heterocycles. The van der Waals surface area contributed by atoms with E-state index in [1.54, 1.807) is 0 Å². The first-order valence-corrected chi connectivity index (χ1v) is 2.18. The van der Waals surface area contributed by atoms with Crippen molar-refractivity contribution in [3.63, 3.8) is 0 Å². The predicted octanol–water partition coefficient (Wildman–Crippen LogP) is -0.227. The normalized spacial score (nSPS) is 9.43. The van der Waals surface area contributed by atoms with Gasteiger partial charge in [0.1, 0.15) is 0 Å². The number of aliphatic hydroxyl groups excluding tert-OH is 1. The van der Waals surface area contributed by atoms with E-state index < -0.39 is 6.79 Å². The Bertz CT molecular complexity index is 26.1. The molecular formula is C4H9O3. The van der Waals surface area contributed by atoms with Crippen LogP contribution < -0.4 is 0 Å². The van der Waals surface area contributed by atoms with Gasteiger partial charge in [0.15, 0.2) is 6.79 Å². The Balaban J connectivity index is 2.45. The first-order valence-electron chi connectivity index (χ1n) is 2.18. The summed E-state index contributed by atoms with van der Waals surface area (Å²) in [5.74, 6) is 0. The predicted molar refractivity (Wildman–Crippen MR) is 23.2 cm³/mol. The summed E-state index contributed by atoms with van der Waals surface area (Å²) in [7, 11) is 0. The first-order chi connectivity index (χ1) is 3.41. The summed E-state index contributed by atoms with van der Waals surface area (Å²) in [4.78, 5) is 0. The second-order valence-electron chi connectivity index (χ2n) is 1.10. The molecule has 0 fully saturated rings. The van der Waals surface area contributed by atoms with E-state index in [0.717, 1.165) is 0 Å². The molecule has 3 nitrogen and oxygen atoms in total. The molecule has 3 heteroatoms. The van der Waals surface area contributed by atoms with Crippen LogP contribution in [0.1, 0.15) is 6.42 Å². The number of hydrogen-bond acceptors (Lipinski definition) is 2. The molecule has 0 aliphatic carbocycles. The Kier molecular flexibility index (Phi) is 5.78. The van der Waals surface area contributed by atoms with Crippen molar-refractivity contribution in [1.29, 1.82) is 0 Å². The molecule has 0 aromatic rings. The Morgan fingerprint density at radius 3 is 2.71 bits per heavy atom. The zero-order valence-corrected chi connectivity index (χ0v) is 4.09. The van der Waals surface area contributed by atoms with Crippen LogP contribution in [0.4, 0.5) is 0 Å². The maximum atomic E-state index is 9.50. The molecule has 1 N–H and O–H groups in total. The van der Waals surface area contributed by atoms with Crippen molar-refractivity contribution >= 4 is 0 Å². The van der Waals surface area contributed by atoms with Crippen LogP contribution in [-0.2, 0) is 9.84 Å². The van der Waals surface area contributed by atoms with E-state index in [1.165, 1.54) is 0 Å². The summed E-state index contributed by atoms with van der Waals surface area (Å²) in [6.07, 6.45) is 0.558. The highest BCUT2D eigenvalue weighted by Gasteiger charge is 1.81. The van der Waals surface area contributed by atoms with Gasteiger partial charge < -0.3 is 9.84 Å². The number of hydrogen-bond donors (Lipinski definition) is 1. The Morgan fingerprint density at radius 1 is 1.57 bits per heavy atom. The fraction of sp³-hybridized carbons (Fsp3) is 1.00. The summed E-state index contributed by atoms with van der Waals surface area (Å²) in [6.45, 7) is -0.0278. The minimum absolute atomic E-state index is 0.0972. The first kappa shape index (κ1) is 6.88. The molecular weight excluding hydrogens is 96.0 g/mol. The minimum Gasteiger partial charge on any atom is -0.396 e. The van der Waals surface area contributed by atoms with Gasteiger partial charge in [-0.25, -0.2) is 5.11 Å². The largest absolute Gasteiger partial charge is 0.396 e. The number of aliphatic hydroxyl groups is 1. The molecule has 7 heavy (non-hydrogen) atoms. The topological polar surface area (TPSA) is 49.4 Å². The van der Waals surface area contributed by atoms with Gasteiger partial charge in [0, 0.05) is 6.61 Å². The molecule has 0 spiro atoms. The van der Waals surface area contributed by atoms with Crippen LogP contribution >= 0.6 is 0 Å². The van der Waals surface area contributed by atoms with E-state index in [1.807, 2.05) is 0 Å². The van der Waals surface area contributed by atoms with E-state index in [0.29, 0.717) is 13.0 Å². The lowest BCUT2D eigenvalue weighted by atomic mass is 10.5. The minimum atomic E-state index is -0.500. The van der Waals surface area contributed by atoms with Gasteiger partial charge in [0.05, 0.1) is 6.61 Å². The van der Waals surface area contributed by atoms with Crippen LogP contribution in [0.3, 0.4) is 0 Å². The molecule has 0 aromatic heterocycles. The highest BCUT2D eigenvalue weighted by atomic mass is 16.6. The fourth-order valence-electron chi connectivity index (χ4n) is 0.226. The molecule has 0 heterocycles. The molecule has 0 aliphatic rings. The fourth-order valence-corrected chi connectivity index (χ4v) is 0.226. The van der Waals surface area contributed by atoms with E-state index in [2.05, 4.69) is 4.74 Å². The summed E-state index contributed by atoms with van der Waals surface area (Å²) >= 11 is 0. The van der Waals surface area contributed by atoms with Crippen molar-refractivity contribution in [2.45, 2.75) is 6.42 Å². The molecule has 0 amide bonds. The maximum Gasteiger partial charge on any atom is 0.180 e. The van der Waals surface area contributed by atoms with Gasteiger partial charge in [-0.15, -0.1) is 0 Å². The van der Waals surface area contributed by atoms with E-state index in [9.17, 15) is 5.11 Å². The van der Waals surface area contributed by atoms with E-state index in [-0.39, 0.29) is 6.61 Å². The van der Waals surface area contributed by atoms with Crippen LogP contribution in [0.2, 0.25) is 0 Å². The molecule has 0 rings (SSSR count). The van der Waals surface area contributed by atoms with Crippen LogP contribution in [0.15, 0.2) is 0 Å². The van der Waals surface area contributed by atoms with Crippen LogP contribution in [0.5, 0.6) is 0 Å². The monoisotopic (exact) mass is 105 g/mol. The van der Waals surface area contributed by atoms with Crippen molar-refractivity contribution in [3.05, 3.63) is 0 Å². The average molecular weight is 105 g/mol. The van der Waals surface area contributed by atoms with Crippen molar-refractivity contribution in [3.8, 4) is 0 Å². The molecule has 0 atom stereocenters. The Labute approximate surface area is 42.5 Å². The Hall–Kier alpha value is -0.120. The maximum absolute atomic E-state index is 9.50. The molecule has 1 radical (unpaired) electrons. The van der Waals surface area contributed by atoms with Gasteiger partial charge >= 0.3 is 0 Å². The molecule has 0 bridgehead atoms. The molecule has 43 valence electrons. The van der Waals surface area contributed by atoms with Crippen LogP contribution in [0, 0.1) is 0 Å². The summed E-state index contributed by atoms with van der Waals surface area (Å²) < 4.78 is 4.36. The standard InChI is InChI=1S/C4H9O3/c5-2-1-3-7-4-6/h5H,1-4H2. The van der Waals surface area contributed by atoms with Gasteiger partial charge in [-0.3, -0.25) is 0 Å². The van der Waals surface area contributed by atoms with E-state index in [4.69, 9.17) is 5.11 Å². The lowest BCUT2D eigenvalue weighted by molar-refractivity contribution is -0.0467. The third-order valence-corrected chi connectivity index (χ3v) is 0.530.